The van der Waals surface area contributed by atoms with Crippen LogP contribution in [0.3, 0.4) is 0 Å². The molecule has 4 heterocycles. The molecule has 0 bridgehead atoms. The Morgan fingerprint density at radius 2 is 2.22 bits per heavy atom. The highest BCUT2D eigenvalue weighted by atomic mass is 32.1. The lowest BCUT2D eigenvalue weighted by Crippen LogP contribution is -2.45. The van der Waals surface area contributed by atoms with E-state index in [0.717, 1.165) is 51.7 Å². The van der Waals surface area contributed by atoms with E-state index in [9.17, 15) is 4.79 Å². The molecular formula is C16H23N3O3S. The van der Waals surface area contributed by atoms with Crippen molar-refractivity contribution in [2.45, 2.75) is 50.4 Å². The van der Waals surface area contributed by atoms with E-state index in [-0.39, 0.29) is 17.6 Å². The quantitative estimate of drug-likeness (QED) is 0.842. The smallest absolute Gasteiger partial charge is 0.275 e. The molecule has 3 aliphatic heterocycles. The van der Waals surface area contributed by atoms with Gasteiger partial charge in [0.15, 0.2) is 0 Å². The minimum Gasteiger partial charge on any atom is -0.362 e. The Kier molecular flexibility index (Phi) is 4.36. The highest BCUT2D eigenvalue weighted by Crippen LogP contribution is 2.39. The van der Waals surface area contributed by atoms with Gasteiger partial charge >= 0.3 is 0 Å². The molecule has 0 radical (unpaired) electrons. The maximum atomic E-state index is 12.4. The van der Waals surface area contributed by atoms with Crippen molar-refractivity contribution in [1.29, 1.82) is 0 Å². The van der Waals surface area contributed by atoms with Gasteiger partial charge in [0.05, 0.1) is 25.3 Å². The van der Waals surface area contributed by atoms with Crippen molar-refractivity contribution in [2.24, 2.45) is 0 Å². The Morgan fingerprint density at radius 1 is 1.35 bits per heavy atom. The van der Waals surface area contributed by atoms with Gasteiger partial charge in [-0.1, -0.05) is 0 Å². The number of piperidine rings is 1. The van der Waals surface area contributed by atoms with Crippen LogP contribution in [0.25, 0.3) is 0 Å². The van der Waals surface area contributed by atoms with E-state index in [4.69, 9.17) is 9.57 Å². The first-order valence-electron chi connectivity index (χ1n) is 8.47. The Balaban J connectivity index is 1.30. The van der Waals surface area contributed by atoms with Crippen LogP contribution in [-0.2, 0) is 20.9 Å². The maximum Gasteiger partial charge on any atom is 0.275 e. The van der Waals surface area contributed by atoms with Gasteiger partial charge in [-0.05, 0) is 32.1 Å². The lowest BCUT2D eigenvalue weighted by Gasteiger charge is -2.38. The minimum absolute atomic E-state index is 0.0181. The van der Waals surface area contributed by atoms with Crippen LogP contribution in [0.4, 0.5) is 0 Å². The van der Waals surface area contributed by atoms with E-state index in [1.54, 1.807) is 11.3 Å². The van der Waals surface area contributed by atoms with E-state index in [1.165, 1.54) is 10.1 Å². The van der Waals surface area contributed by atoms with Gasteiger partial charge in [-0.3, -0.25) is 14.5 Å². The maximum absolute atomic E-state index is 12.4. The predicted molar refractivity (Wildman–Crippen MR) is 85.7 cm³/mol. The van der Waals surface area contributed by atoms with Crippen LogP contribution in [0, 0.1) is 0 Å². The Bertz CT molecular complexity index is 537. The third-order valence-electron chi connectivity index (χ3n) is 5.14. The first-order chi connectivity index (χ1) is 11.2. The van der Waals surface area contributed by atoms with Gasteiger partial charge in [-0.2, -0.15) is 0 Å². The molecule has 1 aromatic heterocycles. The molecule has 6 nitrogen and oxygen atoms in total. The van der Waals surface area contributed by atoms with Crippen molar-refractivity contribution in [3.8, 4) is 0 Å². The fourth-order valence-corrected chi connectivity index (χ4v) is 4.44. The molecule has 126 valence electrons. The van der Waals surface area contributed by atoms with Crippen LogP contribution in [0.5, 0.6) is 0 Å². The van der Waals surface area contributed by atoms with Crippen LogP contribution in [0.2, 0.25) is 0 Å². The van der Waals surface area contributed by atoms with Gasteiger partial charge in [-0.25, -0.2) is 10.0 Å². The second kappa shape index (κ2) is 6.47. The molecule has 3 fully saturated rings. The molecule has 0 N–H and O–H groups in total. The highest BCUT2D eigenvalue weighted by molar-refractivity contribution is 7.09. The van der Waals surface area contributed by atoms with Crippen LogP contribution in [0.1, 0.15) is 37.1 Å². The summed E-state index contributed by atoms with van der Waals surface area (Å²) in [5, 5.41) is 4.70. The van der Waals surface area contributed by atoms with Crippen LogP contribution >= 0.6 is 11.3 Å². The summed E-state index contributed by atoms with van der Waals surface area (Å²) in [4.78, 5) is 24.6. The molecule has 23 heavy (non-hydrogen) atoms. The average Bonchev–Trinajstić information content (AvgIpc) is 3.31. The van der Waals surface area contributed by atoms with Crippen LogP contribution in [0.15, 0.2) is 11.6 Å². The first kappa shape index (κ1) is 15.5. The Morgan fingerprint density at radius 3 is 2.91 bits per heavy atom. The number of hydroxylamine groups is 2. The number of likely N-dealkylation sites (tertiary alicyclic amines) is 1. The third-order valence-corrected chi connectivity index (χ3v) is 5.90. The Hall–Kier alpha value is -1.02. The van der Waals surface area contributed by atoms with Crippen molar-refractivity contribution >= 4 is 17.2 Å². The van der Waals surface area contributed by atoms with Crippen molar-refractivity contribution in [2.75, 3.05) is 26.2 Å². The summed E-state index contributed by atoms with van der Waals surface area (Å²) in [5.74, 6) is 0.0181. The molecule has 1 atom stereocenters. The molecule has 1 aromatic rings. The standard InChI is InChI=1S/C16H23N3O3S/c20-15(19-7-1-10-21-19)13-2-3-16(22-13)4-8-18(9-5-16)12-14-17-6-11-23-14/h6,11,13H,1-5,7-10,12H2. The number of carbonyl (C=O) groups excluding carboxylic acids is 1. The number of rotatable bonds is 3. The summed E-state index contributed by atoms with van der Waals surface area (Å²) < 4.78 is 6.24. The van der Waals surface area contributed by atoms with Gasteiger partial charge in [0.2, 0.25) is 0 Å². The van der Waals surface area contributed by atoms with E-state index >= 15 is 0 Å². The zero-order valence-electron chi connectivity index (χ0n) is 13.3. The van der Waals surface area contributed by atoms with Gasteiger partial charge in [0, 0.05) is 24.7 Å². The number of aromatic nitrogens is 1. The van der Waals surface area contributed by atoms with Crippen LogP contribution < -0.4 is 0 Å². The monoisotopic (exact) mass is 337 g/mol. The van der Waals surface area contributed by atoms with Gasteiger partial charge in [0.25, 0.3) is 5.91 Å². The predicted octanol–water partition coefficient (Wildman–Crippen LogP) is 1.82. The molecule has 3 aliphatic rings. The molecule has 4 rings (SSSR count). The summed E-state index contributed by atoms with van der Waals surface area (Å²) in [7, 11) is 0. The third kappa shape index (κ3) is 3.28. The summed E-state index contributed by atoms with van der Waals surface area (Å²) in [6.07, 6.45) is 6.30. The molecule has 1 unspecified atom stereocenters. The van der Waals surface area contributed by atoms with E-state index in [1.807, 2.05) is 11.6 Å². The summed E-state index contributed by atoms with van der Waals surface area (Å²) in [6, 6.07) is 0. The average molecular weight is 337 g/mol. The second-order valence-corrected chi connectivity index (χ2v) is 7.64. The molecular weight excluding hydrogens is 314 g/mol. The largest absolute Gasteiger partial charge is 0.362 e. The first-order valence-corrected chi connectivity index (χ1v) is 9.35. The molecule has 1 spiro atoms. The van der Waals surface area contributed by atoms with Gasteiger partial charge in [-0.15, -0.1) is 11.3 Å². The van der Waals surface area contributed by atoms with Gasteiger partial charge < -0.3 is 4.74 Å². The molecule has 0 saturated carbocycles. The minimum atomic E-state index is -0.307. The summed E-state index contributed by atoms with van der Waals surface area (Å²) in [6.45, 7) is 4.31. The van der Waals surface area contributed by atoms with Crippen molar-refractivity contribution in [3.63, 3.8) is 0 Å². The lowest BCUT2D eigenvalue weighted by atomic mass is 9.88. The fourth-order valence-electron chi connectivity index (χ4n) is 3.78. The number of thiazole rings is 1. The molecule has 0 aromatic carbocycles. The Labute approximate surface area is 140 Å². The molecule has 3 saturated heterocycles. The molecule has 7 heteroatoms. The number of hydrogen-bond acceptors (Lipinski definition) is 6. The van der Waals surface area contributed by atoms with E-state index < -0.39 is 0 Å². The topological polar surface area (TPSA) is 54.9 Å². The zero-order valence-corrected chi connectivity index (χ0v) is 14.1. The number of nitrogens with zero attached hydrogens (tertiary/aromatic N) is 3. The van der Waals surface area contributed by atoms with Crippen molar-refractivity contribution in [1.82, 2.24) is 14.9 Å². The number of ether oxygens (including phenoxy) is 1. The van der Waals surface area contributed by atoms with E-state index in [2.05, 4.69) is 9.88 Å². The number of amides is 1. The number of hydrogen-bond donors (Lipinski definition) is 0. The SMILES string of the molecule is O=C(C1CCC2(CCN(Cc3nccs3)CC2)O1)N1CCCO1. The van der Waals surface area contributed by atoms with Crippen molar-refractivity contribution in [3.05, 3.63) is 16.6 Å². The number of carbonyl (C=O) groups is 1. The zero-order chi connectivity index (χ0) is 15.7. The molecule has 1 amide bonds. The molecule has 0 aliphatic carbocycles. The van der Waals surface area contributed by atoms with Gasteiger partial charge in [0.1, 0.15) is 11.1 Å². The fraction of sp³-hybridized carbons (Fsp3) is 0.750. The summed E-state index contributed by atoms with van der Waals surface area (Å²) >= 11 is 1.71. The normalized spacial score (nSPS) is 27.8. The van der Waals surface area contributed by atoms with Crippen molar-refractivity contribution < 1.29 is 14.4 Å². The van der Waals surface area contributed by atoms with E-state index in [0.29, 0.717) is 13.2 Å². The summed E-state index contributed by atoms with van der Waals surface area (Å²) in [5.41, 5.74) is -0.0978. The highest BCUT2D eigenvalue weighted by Gasteiger charge is 2.46. The lowest BCUT2D eigenvalue weighted by molar-refractivity contribution is -0.185. The van der Waals surface area contributed by atoms with Crippen LogP contribution in [-0.4, -0.2) is 58.8 Å². The second-order valence-electron chi connectivity index (χ2n) is 6.66.